The molecule has 250 valence electrons. The fourth-order valence-electron chi connectivity index (χ4n) is 7.39. The first-order chi connectivity index (χ1) is 26.3. The molecule has 0 spiro atoms. The van der Waals surface area contributed by atoms with Crippen molar-refractivity contribution in [1.29, 1.82) is 0 Å². The van der Waals surface area contributed by atoms with E-state index in [9.17, 15) is 0 Å². The highest BCUT2D eigenvalue weighted by atomic mass is 15.3. The summed E-state index contributed by atoms with van der Waals surface area (Å²) in [5.74, 6) is 1.44. The maximum atomic E-state index is 4.99. The fraction of sp³-hybridized carbons (Fsp3) is 0. The summed E-state index contributed by atoms with van der Waals surface area (Å²) in [5.41, 5.74) is 10.3. The third-order valence-corrected chi connectivity index (χ3v) is 9.85. The molecule has 0 saturated carbocycles. The zero-order valence-corrected chi connectivity index (χ0v) is 28.7. The molecule has 6 heteroatoms. The van der Waals surface area contributed by atoms with Gasteiger partial charge in [0.1, 0.15) is 5.69 Å². The van der Waals surface area contributed by atoms with Gasteiger partial charge in [0.25, 0.3) is 0 Å². The lowest BCUT2D eigenvalue weighted by molar-refractivity contribution is 1.06. The summed E-state index contributed by atoms with van der Waals surface area (Å²) in [5, 5.41) is 13.0. The van der Waals surface area contributed by atoms with Crippen molar-refractivity contribution in [2.75, 3.05) is 4.90 Å². The van der Waals surface area contributed by atoms with Gasteiger partial charge in [-0.1, -0.05) is 109 Å². The van der Waals surface area contributed by atoms with E-state index in [2.05, 4.69) is 166 Å². The molecule has 0 aliphatic carbocycles. The number of fused-ring (bicyclic) bond motifs is 4. The van der Waals surface area contributed by atoms with E-state index in [0.717, 1.165) is 56.4 Å². The Labute approximate surface area is 306 Å². The van der Waals surface area contributed by atoms with Crippen LogP contribution in [0.5, 0.6) is 0 Å². The quantitative estimate of drug-likeness (QED) is 0.168. The molecule has 0 amide bonds. The van der Waals surface area contributed by atoms with Gasteiger partial charge in [-0.05, 0) is 84.9 Å². The molecule has 0 radical (unpaired) electrons. The molecule has 0 unspecified atom stereocenters. The summed E-state index contributed by atoms with van der Waals surface area (Å²) < 4.78 is 4.45. The van der Waals surface area contributed by atoms with Gasteiger partial charge < -0.3 is 9.47 Å². The minimum Gasteiger partial charge on any atom is -0.311 e. The van der Waals surface area contributed by atoms with Crippen LogP contribution in [0.1, 0.15) is 0 Å². The first kappa shape index (κ1) is 30.5. The molecule has 0 aliphatic rings. The van der Waals surface area contributed by atoms with Gasteiger partial charge in [0.15, 0.2) is 11.6 Å². The molecule has 3 aromatic heterocycles. The molecule has 0 saturated heterocycles. The molecule has 0 bridgehead atoms. The maximum absolute atomic E-state index is 4.99. The van der Waals surface area contributed by atoms with Gasteiger partial charge in [-0.3, -0.25) is 4.57 Å². The van der Waals surface area contributed by atoms with Crippen molar-refractivity contribution >= 4 is 49.8 Å². The number of para-hydroxylation sites is 4. The van der Waals surface area contributed by atoms with Crippen LogP contribution in [-0.2, 0) is 0 Å². The van der Waals surface area contributed by atoms with Gasteiger partial charge in [-0.15, -0.1) is 10.2 Å². The zero-order chi connectivity index (χ0) is 35.1. The number of benzene rings is 7. The highest BCUT2D eigenvalue weighted by molar-refractivity contribution is 6.09. The summed E-state index contributed by atoms with van der Waals surface area (Å²) >= 11 is 0. The lowest BCUT2D eigenvalue weighted by Gasteiger charge is -2.26. The minimum absolute atomic E-state index is 0.683. The molecule has 0 fully saturated rings. The Hall–Kier alpha value is -7.31. The van der Waals surface area contributed by atoms with Gasteiger partial charge in [0.05, 0.1) is 16.6 Å². The summed E-state index contributed by atoms with van der Waals surface area (Å²) in [4.78, 5) is 7.28. The Bertz CT molecular complexity index is 2820. The van der Waals surface area contributed by atoms with Crippen LogP contribution in [0, 0.1) is 0 Å². The molecule has 53 heavy (non-hydrogen) atoms. The summed E-state index contributed by atoms with van der Waals surface area (Å²) in [7, 11) is 0. The SMILES string of the molecule is c1ccc(-c2nnc(-c3ccc4ccccc4n3)n2-c2ccc(N(c3ccccc3)c3ccc(-n4c5ccccc5c5ccccc54)cc3)cc2)cc1. The predicted molar refractivity (Wildman–Crippen MR) is 217 cm³/mol. The van der Waals surface area contributed by atoms with E-state index in [1.165, 1.54) is 21.8 Å². The van der Waals surface area contributed by atoms with Gasteiger partial charge in [0, 0.05) is 50.2 Å². The van der Waals surface area contributed by atoms with E-state index in [1.54, 1.807) is 0 Å². The molecule has 0 atom stereocenters. The predicted octanol–water partition coefficient (Wildman–Crippen LogP) is 11.7. The normalized spacial score (nSPS) is 11.4. The van der Waals surface area contributed by atoms with E-state index in [4.69, 9.17) is 15.2 Å². The van der Waals surface area contributed by atoms with Crippen molar-refractivity contribution in [3.8, 4) is 34.3 Å². The minimum atomic E-state index is 0.683. The first-order valence-electron chi connectivity index (χ1n) is 17.7. The average Bonchev–Trinajstić information content (AvgIpc) is 3.83. The number of aromatic nitrogens is 5. The highest BCUT2D eigenvalue weighted by Crippen LogP contribution is 2.38. The number of nitrogens with zero attached hydrogens (tertiary/aromatic N) is 6. The Morgan fingerprint density at radius 3 is 1.55 bits per heavy atom. The number of pyridine rings is 1. The van der Waals surface area contributed by atoms with Crippen molar-refractivity contribution < 1.29 is 0 Å². The molecule has 6 nitrogen and oxygen atoms in total. The second-order valence-corrected chi connectivity index (χ2v) is 13.0. The third-order valence-electron chi connectivity index (χ3n) is 9.85. The van der Waals surface area contributed by atoms with Crippen molar-refractivity contribution in [2.24, 2.45) is 0 Å². The van der Waals surface area contributed by atoms with Crippen molar-refractivity contribution in [3.05, 3.63) is 194 Å². The van der Waals surface area contributed by atoms with Crippen molar-refractivity contribution in [3.63, 3.8) is 0 Å². The van der Waals surface area contributed by atoms with E-state index >= 15 is 0 Å². The highest BCUT2D eigenvalue weighted by Gasteiger charge is 2.20. The van der Waals surface area contributed by atoms with Crippen LogP contribution >= 0.6 is 0 Å². The van der Waals surface area contributed by atoms with Crippen LogP contribution in [0.3, 0.4) is 0 Å². The van der Waals surface area contributed by atoms with Crippen molar-refractivity contribution in [2.45, 2.75) is 0 Å². The lowest BCUT2D eigenvalue weighted by atomic mass is 10.1. The summed E-state index contributed by atoms with van der Waals surface area (Å²) in [6, 6.07) is 67.6. The van der Waals surface area contributed by atoms with E-state index < -0.39 is 0 Å². The van der Waals surface area contributed by atoms with E-state index in [-0.39, 0.29) is 0 Å². The Balaban J connectivity index is 1.07. The molecule has 0 aliphatic heterocycles. The van der Waals surface area contributed by atoms with Gasteiger partial charge in [-0.25, -0.2) is 4.98 Å². The Kier molecular flexibility index (Phi) is 7.36. The second kappa shape index (κ2) is 12.8. The van der Waals surface area contributed by atoms with Crippen LogP contribution in [0.15, 0.2) is 194 Å². The zero-order valence-electron chi connectivity index (χ0n) is 28.7. The van der Waals surface area contributed by atoms with Crippen LogP contribution < -0.4 is 4.90 Å². The van der Waals surface area contributed by atoms with Crippen LogP contribution in [0.25, 0.3) is 67.0 Å². The largest absolute Gasteiger partial charge is 0.311 e. The molecule has 10 aromatic rings. The maximum Gasteiger partial charge on any atom is 0.187 e. The average molecular weight is 681 g/mol. The van der Waals surface area contributed by atoms with Crippen LogP contribution in [0.4, 0.5) is 17.1 Å². The second-order valence-electron chi connectivity index (χ2n) is 13.0. The summed E-state index contributed by atoms with van der Waals surface area (Å²) in [6.07, 6.45) is 0. The molecule has 3 heterocycles. The Morgan fingerprint density at radius 1 is 0.377 bits per heavy atom. The topological polar surface area (TPSA) is 51.8 Å². The number of hydrogen-bond donors (Lipinski definition) is 0. The number of rotatable bonds is 7. The lowest BCUT2D eigenvalue weighted by Crippen LogP contribution is -2.10. The number of anilines is 3. The van der Waals surface area contributed by atoms with E-state index in [0.29, 0.717) is 5.82 Å². The Morgan fingerprint density at radius 2 is 0.887 bits per heavy atom. The molecule has 0 N–H and O–H groups in total. The number of hydrogen-bond acceptors (Lipinski definition) is 4. The van der Waals surface area contributed by atoms with E-state index in [1.807, 2.05) is 42.5 Å². The molecular weight excluding hydrogens is 649 g/mol. The smallest absolute Gasteiger partial charge is 0.187 e. The first-order valence-corrected chi connectivity index (χ1v) is 17.7. The standard InChI is InChI=1S/C47H32N6/c1-3-14-34(15-4-1)46-49-50-47(43-32-23-33-13-7-10-20-42(33)48-43)53(46)39-30-26-37(27-31-39)51(35-16-5-2-6-17-35)36-24-28-38(29-25-36)52-44-21-11-8-18-40(44)41-19-9-12-22-45(41)52/h1-32H. The van der Waals surface area contributed by atoms with Gasteiger partial charge in [-0.2, -0.15) is 0 Å². The van der Waals surface area contributed by atoms with Crippen molar-refractivity contribution in [1.82, 2.24) is 24.3 Å². The van der Waals surface area contributed by atoms with Crippen LogP contribution in [0.2, 0.25) is 0 Å². The monoisotopic (exact) mass is 680 g/mol. The fourth-order valence-corrected chi connectivity index (χ4v) is 7.39. The third kappa shape index (κ3) is 5.32. The molecular formula is C47H32N6. The van der Waals surface area contributed by atoms with Gasteiger partial charge >= 0.3 is 0 Å². The van der Waals surface area contributed by atoms with Gasteiger partial charge in [0.2, 0.25) is 0 Å². The molecule has 7 aromatic carbocycles. The van der Waals surface area contributed by atoms with Crippen LogP contribution in [-0.4, -0.2) is 24.3 Å². The summed E-state index contributed by atoms with van der Waals surface area (Å²) in [6.45, 7) is 0. The molecule has 10 rings (SSSR count).